The Labute approximate surface area is 762 Å². The Morgan fingerprint density at radius 1 is 0.326 bits per heavy atom. The predicted octanol–water partition coefficient (Wildman–Crippen LogP) is 16.6. The minimum atomic E-state index is -4.30. The fourth-order valence-corrected chi connectivity index (χ4v) is 20.5. The highest BCUT2D eigenvalue weighted by molar-refractivity contribution is 7.90. The second-order valence-electron chi connectivity index (χ2n) is 43.4. The molecule has 12 bridgehead atoms. The molecule has 0 radical (unpaired) electrons. The van der Waals surface area contributed by atoms with Gasteiger partial charge in [-0.1, -0.05) is 143 Å². The first-order valence-corrected chi connectivity index (χ1v) is 49.0. The van der Waals surface area contributed by atoms with Crippen molar-refractivity contribution in [2.24, 2.45) is 17.8 Å². The van der Waals surface area contributed by atoms with Gasteiger partial charge in [-0.3, -0.25) is 29.3 Å². The second kappa shape index (κ2) is 35.5. The van der Waals surface area contributed by atoms with Crippen molar-refractivity contribution < 1.29 is 39.6 Å². The molecule has 3 saturated heterocycles. The molecule has 15 heterocycles. The standard InChI is InChI=1S/3C32H43N7O3S/c3*1-30(2,3)21-14-15-33-24(16-21)23-13-12-20-17-32(7,8)39(19-20)27-22(18-34-29(37-27)31(4,5)6)28(40)38-43(41,42)26-11-9-10-25(35-23)36-26/h3*9-11,14-16,18,20,23H,12-13,17,19H2,1-8H3,(H,35,36)(H,38,40)/t3*20-,23?/m000/s1. The highest BCUT2D eigenvalue weighted by atomic mass is 32.2. The van der Waals surface area contributed by atoms with Crippen LogP contribution in [0.3, 0.4) is 0 Å². The molecule has 0 spiro atoms. The first-order chi connectivity index (χ1) is 59.8. The number of hydrogen-bond acceptors (Lipinski definition) is 27. The molecule has 129 heavy (non-hydrogen) atoms. The number of aromatic nitrogens is 12. The number of fused-ring (bicyclic) bond motifs is 18. The van der Waals surface area contributed by atoms with Crippen molar-refractivity contribution in [1.82, 2.24) is 74.0 Å². The fourth-order valence-electron chi connectivity index (χ4n) is 17.7. The summed E-state index contributed by atoms with van der Waals surface area (Å²) in [5, 5.41) is 9.62. The average Bonchev–Trinajstić information content (AvgIpc) is 1.68. The van der Waals surface area contributed by atoms with E-state index in [1.165, 1.54) is 53.5 Å². The van der Waals surface area contributed by atoms with Gasteiger partial charge in [-0.25, -0.2) is 59.0 Å². The summed E-state index contributed by atoms with van der Waals surface area (Å²) in [5.41, 5.74) is 4.27. The van der Waals surface area contributed by atoms with E-state index in [0.717, 1.165) is 74.9 Å². The summed E-state index contributed by atoms with van der Waals surface area (Å²) in [6.45, 7) is 52.5. The first kappa shape index (κ1) is 95.8. The van der Waals surface area contributed by atoms with E-state index in [0.29, 0.717) is 89.8 Å². The van der Waals surface area contributed by atoms with E-state index in [-0.39, 0.29) is 99.0 Å². The smallest absolute Gasteiger partial charge is 0.281 e. The van der Waals surface area contributed by atoms with Gasteiger partial charge in [-0.15, -0.1) is 0 Å². The number of rotatable bonds is 3. The maximum absolute atomic E-state index is 13.6. The summed E-state index contributed by atoms with van der Waals surface area (Å²) in [5.74, 6) is 2.85. The maximum Gasteiger partial charge on any atom is 0.281 e. The van der Waals surface area contributed by atoms with Gasteiger partial charge < -0.3 is 30.7 Å². The predicted molar refractivity (Wildman–Crippen MR) is 503 cm³/mol. The van der Waals surface area contributed by atoms with Gasteiger partial charge in [0, 0.05) is 89.7 Å². The lowest BCUT2D eigenvalue weighted by atomic mass is 9.86. The van der Waals surface area contributed by atoms with Gasteiger partial charge in [0.25, 0.3) is 47.8 Å². The molecule has 690 valence electrons. The SMILES string of the molecule is CC(C)(C)c1ccnc(C2CC[C@@H]3CN(c4nc(C(C)(C)C)ncc4C(=O)NS(=O)(=O)c4cccc(n4)N2)C(C)(C)C3)c1.CC(C)(C)c1ccnc(C2CC[C@@H]3CN(c4nc(C(C)(C)C)ncc4C(=O)NS(=O)(=O)c4cccc(n4)N2)C(C)(C)C3)c1.CC(C)(C)c1ccnc(C2CC[C@@H]3CN(c4nc(C(C)(C)C)ncc4C(=O)NS(=O)(=O)c4cccc(n4)N2)C(C)(C)C3)c1. The summed E-state index contributed by atoms with van der Waals surface area (Å²) >= 11 is 0. The Balaban J connectivity index is 0.000000165. The van der Waals surface area contributed by atoms with Gasteiger partial charge >= 0.3 is 0 Å². The molecule has 30 nitrogen and oxygen atoms in total. The molecule has 6 aliphatic heterocycles. The number of carbonyl (C=O) groups is 3. The molecule has 6 aliphatic rings. The number of carbonyl (C=O) groups excluding carboxylic acids is 3. The quantitative estimate of drug-likeness (QED) is 0.0956. The van der Waals surface area contributed by atoms with E-state index in [2.05, 4.69) is 197 Å². The molecule has 3 amide bonds. The number of pyridine rings is 6. The first-order valence-electron chi connectivity index (χ1n) is 44.6. The van der Waals surface area contributed by atoms with Crippen molar-refractivity contribution in [3.8, 4) is 0 Å². The van der Waals surface area contributed by atoms with E-state index < -0.39 is 47.8 Å². The molecule has 3 unspecified atom stereocenters. The van der Waals surface area contributed by atoms with E-state index in [4.69, 9.17) is 29.9 Å². The molecule has 6 atom stereocenters. The second-order valence-corrected chi connectivity index (χ2v) is 48.3. The Hall–Kier alpha value is -10.8. The van der Waals surface area contributed by atoms with Crippen molar-refractivity contribution in [2.45, 2.75) is 306 Å². The van der Waals surface area contributed by atoms with Crippen molar-refractivity contribution >= 4 is 82.7 Å². The highest BCUT2D eigenvalue weighted by Crippen LogP contribution is 2.46. The van der Waals surface area contributed by atoms with E-state index >= 15 is 0 Å². The van der Waals surface area contributed by atoms with Crippen molar-refractivity contribution in [2.75, 3.05) is 50.3 Å². The van der Waals surface area contributed by atoms with Crippen LogP contribution in [0.1, 0.15) is 324 Å². The van der Waals surface area contributed by atoms with Crippen LogP contribution in [0.5, 0.6) is 0 Å². The van der Waals surface area contributed by atoms with Crippen LogP contribution in [0.15, 0.2) is 143 Å². The van der Waals surface area contributed by atoms with Crippen LogP contribution in [-0.2, 0) is 62.6 Å². The van der Waals surface area contributed by atoms with E-state index in [9.17, 15) is 39.6 Å². The Kier molecular flexibility index (Phi) is 26.3. The Morgan fingerprint density at radius 2 is 0.574 bits per heavy atom. The van der Waals surface area contributed by atoms with Crippen LogP contribution in [0, 0.1) is 17.8 Å². The molecule has 0 saturated carbocycles. The maximum atomic E-state index is 13.6. The monoisotopic (exact) mass is 1820 g/mol. The van der Waals surface area contributed by atoms with Crippen LogP contribution in [0.25, 0.3) is 0 Å². The third-order valence-corrected chi connectivity index (χ3v) is 28.6. The number of sulfonamides is 3. The summed E-state index contributed by atoms with van der Waals surface area (Å²) in [4.78, 5) is 103. The molecule has 9 aromatic rings. The number of hydrogen-bond donors (Lipinski definition) is 6. The average molecular weight is 1820 g/mol. The molecule has 33 heteroatoms. The lowest BCUT2D eigenvalue weighted by Gasteiger charge is -2.34. The van der Waals surface area contributed by atoms with Gasteiger partial charge in [0.15, 0.2) is 15.1 Å². The summed E-state index contributed by atoms with van der Waals surface area (Å²) in [6.07, 6.45) is 17.4. The zero-order valence-electron chi connectivity index (χ0n) is 79.2. The van der Waals surface area contributed by atoms with Crippen LogP contribution < -0.4 is 44.8 Å². The molecular formula is C96H129N21O9S3. The van der Waals surface area contributed by atoms with Crippen LogP contribution in [0.4, 0.5) is 34.9 Å². The van der Waals surface area contributed by atoms with Gasteiger partial charge in [0.2, 0.25) is 0 Å². The summed E-state index contributed by atoms with van der Waals surface area (Å²) in [7, 11) is -12.9. The van der Waals surface area contributed by atoms with Gasteiger partial charge in [0.1, 0.15) is 69.1 Å². The molecule has 0 aromatic carbocycles. The zero-order valence-corrected chi connectivity index (χ0v) is 81.6. The lowest BCUT2D eigenvalue weighted by Crippen LogP contribution is -2.41. The largest absolute Gasteiger partial charge is 0.362 e. The summed E-state index contributed by atoms with van der Waals surface area (Å²) < 4.78 is 87.4. The van der Waals surface area contributed by atoms with Gasteiger partial charge in [-0.2, -0.15) is 25.3 Å². The number of anilines is 6. The topological polar surface area (TPSA) is 390 Å². The van der Waals surface area contributed by atoms with Crippen LogP contribution >= 0.6 is 0 Å². The molecular weight excluding hydrogens is 1690 g/mol. The number of amides is 3. The molecule has 6 N–H and O–H groups in total. The molecule has 0 aliphatic carbocycles. The molecule has 3 fully saturated rings. The van der Waals surface area contributed by atoms with Gasteiger partial charge in [-0.05, 0) is 223 Å². The highest BCUT2D eigenvalue weighted by Gasteiger charge is 2.47. The fraction of sp³-hybridized carbons (Fsp3) is 0.531. The van der Waals surface area contributed by atoms with Crippen LogP contribution in [0.2, 0.25) is 0 Å². The minimum absolute atomic E-state index is 0.0565. The van der Waals surface area contributed by atoms with E-state index in [1.54, 1.807) is 36.4 Å². The van der Waals surface area contributed by atoms with Crippen molar-refractivity contribution in [3.63, 3.8) is 0 Å². The minimum Gasteiger partial charge on any atom is -0.362 e. The third kappa shape index (κ3) is 22.1. The number of nitrogens with zero attached hydrogens (tertiary/aromatic N) is 15. The van der Waals surface area contributed by atoms with Gasteiger partial charge in [0.05, 0.1) is 35.2 Å². The Morgan fingerprint density at radius 3 is 0.806 bits per heavy atom. The summed E-state index contributed by atoms with van der Waals surface area (Å²) in [6, 6.07) is 26.0. The normalized spacial score (nSPS) is 22.0. The van der Waals surface area contributed by atoms with E-state index in [1.807, 2.05) is 99.1 Å². The van der Waals surface area contributed by atoms with Crippen molar-refractivity contribution in [1.29, 1.82) is 0 Å². The third-order valence-electron chi connectivity index (χ3n) is 24.9. The van der Waals surface area contributed by atoms with Crippen molar-refractivity contribution in [3.05, 3.63) is 196 Å². The molecule has 9 aromatic heterocycles. The van der Waals surface area contributed by atoms with Crippen LogP contribution in [-0.4, -0.2) is 139 Å². The zero-order chi connectivity index (χ0) is 94.1. The Bertz CT molecular complexity index is 5500. The lowest BCUT2D eigenvalue weighted by molar-refractivity contribution is 0.0971. The number of nitrogens with one attached hydrogen (secondary N) is 6. The molecule has 15 rings (SSSR count).